The molecule has 27 heavy (non-hydrogen) atoms. The van der Waals surface area contributed by atoms with Gasteiger partial charge in [0.1, 0.15) is 17.1 Å². The fourth-order valence-electron chi connectivity index (χ4n) is 2.06. The van der Waals surface area contributed by atoms with Gasteiger partial charge in [-0.1, -0.05) is 11.6 Å². The monoisotopic (exact) mass is 422 g/mol. The second-order valence-corrected chi connectivity index (χ2v) is 5.91. The summed E-state index contributed by atoms with van der Waals surface area (Å²) < 4.78 is 43.4. The minimum Gasteiger partial charge on any atom is -0.456 e. The Labute approximate surface area is 161 Å². The minimum atomic E-state index is -4.57. The van der Waals surface area contributed by atoms with Gasteiger partial charge in [-0.05, 0) is 24.3 Å². The second-order valence-electron chi connectivity index (χ2n) is 5.13. The molecular formula is C16H11Cl2F3N2O4. The summed E-state index contributed by atoms with van der Waals surface area (Å²) in [5.74, 6) is -0.757. The highest BCUT2D eigenvalue weighted by atomic mass is 35.5. The molecule has 11 heteroatoms. The van der Waals surface area contributed by atoms with Crippen LogP contribution >= 0.6 is 23.2 Å². The van der Waals surface area contributed by atoms with Crippen molar-refractivity contribution < 1.29 is 27.6 Å². The quantitative estimate of drug-likeness (QED) is 0.402. The maximum atomic E-state index is 12.7. The zero-order chi connectivity index (χ0) is 20.2. The highest BCUT2D eigenvalue weighted by Crippen LogP contribution is 2.37. The van der Waals surface area contributed by atoms with Crippen LogP contribution in [-0.2, 0) is 6.18 Å². The Morgan fingerprint density at radius 2 is 1.93 bits per heavy atom. The number of benzene rings is 2. The number of amides is 1. The van der Waals surface area contributed by atoms with Crippen LogP contribution in [0.5, 0.6) is 11.5 Å². The maximum absolute atomic E-state index is 12.7. The van der Waals surface area contributed by atoms with Gasteiger partial charge in [0.05, 0.1) is 15.5 Å². The molecule has 0 heterocycles. The van der Waals surface area contributed by atoms with Crippen molar-refractivity contribution in [2.45, 2.75) is 6.18 Å². The molecule has 144 valence electrons. The maximum Gasteiger partial charge on any atom is 0.416 e. The van der Waals surface area contributed by atoms with Gasteiger partial charge in [0.15, 0.2) is 0 Å². The van der Waals surface area contributed by atoms with Crippen LogP contribution in [0.1, 0.15) is 15.9 Å². The van der Waals surface area contributed by atoms with Gasteiger partial charge < -0.3 is 10.1 Å². The molecule has 0 unspecified atom stereocenters. The fraction of sp³-hybridized carbons (Fsp3) is 0.188. The van der Waals surface area contributed by atoms with Crippen molar-refractivity contribution in [1.29, 1.82) is 0 Å². The topological polar surface area (TPSA) is 81.5 Å². The Morgan fingerprint density at radius 3 is 2.48 bits per heavy atom. The number of nitrogens with one attached hydrogen (secondary N) is 1. The first-order valence-corrected chi connectivity index (χ1v) is 8.22. The molecule has 0 aromatic heterocycles. The Hall–Kier alpha value is -2.52. The SMILES string of the molecule is O=C(NCCCl)c1cc(Oc2ccc(C(F)(F)F)cc2Cl)ccc1[N+](=O)[O-]. The van der Waals surface area contributed by atoms with E-state index in [2.05, 4.69) is 5.32 Å². The molecule has 0 aliphatic carbocycles. The van der Waals surface area contributed by atoms with E-state index in [1.54, 1.807) is 0 Å². The molecule has 0 spiro atoms. The summed E-state index contributed by atoms with van der Waals surface area (Å²) in [5.41, 5.74) is -1.71. The minimum absolute atomic E-state index is 0.0155. The molecule has 6 nitrogen and oxygen atoms in total. The van der Waals surface area contributed by atoms with Crippen molar-refractivity contribution >= 4 is 34.8 Å². The van der Waals surface area contributed by atoms with E-state index < -0.39 is 28.3 Å². The van der Waals surface area contributed by atoms with E-state index in [-0.39, 0.29) is 34.5 Å². The van der Waals surface area contributed by atoms with Gasteiger partial charge in [0.2, 0.25) is 0 Å². The van der Waals surface area contributed by atoms with Gasteiger partial charge in [-0.3, -0.25) is 14.9 Å². The first-order valence-electron chi connectivity index (χ1n) is 7.30. The summed E-state index contributed by atoms with van der Waals surface area (Å²) >= 11 is 11.3. The number of hydrogen-bond donors (Lipinski definition) is 1. The number of nitro groups is 1. The molecule has 0 radical (unpaired) electrons. The summed E-state index contributed by atoms with van der Waals surface area (Å²) in [6, 6.07) is 5.82. The lowest BCUT2D eigenvalue weighted by atomic mass is 10.1. The summed E-state index contributed by atoms with van der Waals surface area (Å²) in [7, 11) is 0. The molecule has 0 aliphatic rings. The summed E-state index contributed by atoms with van der Waals surface area (Å²) in [5, 5.41) is 13.2. The number of carbonyl (C=O) groups excluding carboxylic acids is 1. The van der Waals surface area contributed by atoms with E-state index in [1.807, 2.05) is 0 Å². The number of ether oxygens (including phenoxy) is 1. The largest absolute Gasteiger partial charge is 0.456 e. The molecule has 2 rings (SSSR count). The molecule has 0 aliphatic heterocycles. The summed E-state index contributed by atoms with van der Waals surface area (Å²) in [4.78, 5) is 22.4. The third-order valence-corrected chi connectivity index (χ3v) is 3.76. The Kier molecular flexibility index (Phi) is 6.50. The van der Waals surface area contributed by atoms with E-state index in [4.69, 9.17) is 27.9 Å². The Morgan fingerprint density at radius 1 is 1.22 bits per heavy atom. The van der Waals surface area contributed by atoms with Crippen LogP contribution in [0.4, 0.5) is 18.9 Å². The van der Waals surface area contributed by atoms with Gasteiger partial charge in [0, 0.05) is 24.6 Å². The van der Waals surface area contributed by atoms with Crippen LogP contribution in [0, 0.1) is 10.1 Å². The van der Waals surface area contributed by atoms with Gasteiger partial charge in [0.25, 0.3) is 11.6 Å². The Bertz CT molecular complexity index is 875. The average molecular weight is 423 g/mol. The molecular weight excluding hydrogens is 412 g/mol. The molecule has 1 N–H and O–H groups in total. The van der Waals surface area contributed by atoms with Crippen molar-refractivity contribution in [1.82, 2.24) is 5.32 Å². The molecule has 0 bridgehead atoms. The standard InChI is InChI=1S/C16H11Cl2F3N2O4/c17-5-6-22-15(24)11-8-10(2-3-13(11)23(25)26)27-14-4-1-9(7-12(14)18)16(19,20)21/h1-4,7-8H,5-6H2,(H,22,24). The predicted octanol–water partition coefficient (Wildman–Crippen LogP) is 5.03. The number of nitrogens with zero attached hydrogens (tertiary/aromatic N) is 1. The summed E-state index contributed by atoms with van der Waals surface area (Å²) in [6.45, 7) is 0.0906. The van der Waals surface area contributed by atoms with Gasteiger partial charge in [-0.15, -0.1) is 11.6 Å². The third kappa shape index (κ3) is 5.24. The zero-order valence-corrected chi connectivity index (χ0v) is 14.9. The van der Waals surface area contributed by atoms with Gasteiger partial charge in [-0.2, -0.15) is 13.2 Å². The molecule has 2 aromatic rings. The first-order chi connectivity index (χ1) is 12.6. The Balaban J connectivity index is 2.34. The van der Waals surface area contributed by atoms with Crippen molar-refractivity contribution in [3.8, 4) is 11.5 Å². The molecule has 2 aromatic carbocycles. The number of hydrogen-bond acceptors (Lipinski definition) is 4. The molecule has 0 fully saturated rings. The average Bonchev–Trinajstić information content (AvgIpc) is 2.60. The zero-order valence-electron chi connectivity index (χ0n) is 13.3. The van der Waals surface area contributed by atoms with Crippen LogP contribution in [0.25, 0.3) is 0 Å². The van der Waals surface area contributed by atoms with Crippen LogP contribution in [0.2, 0.25) is 5.02 Å². The lowest BCUT2D eigenvalue weighted by molar-refractivity contribution is -0.385. The van der Waals surface area contributed by atoms with Crippen molar-refractivity contribution in [2.24, 2.45) is 0 Å². The third-order valence-electron chi connectivity index (χ3n) is 3.28. The number of halogens is 5. The number of carbonyl (C=O) groups is 1. The van der Waals surface area contributed by atoms with E-state index in [1.165, 1.54) is 6.07 Å². The van der Waals surface area contributed by atoms with Crippen LogP contribution in [0.15, 0.2) is 36.4 Å². The first kappa shape index (κ1) is 20.8. The van der Waals surface area contributed by atoms with Crippen LogP contribution < -0.4 is 10.1 Å². The normalized spacial score (nSPS) is 11.1. The van der Waals surface area contributed by atoms with Crippen molar-refractivity contribution in [3.05, 3.63) is 62.7 Å². The molecule has 0 atom stereocenters. The molecule has 0 saturated carbocycles. The van der Waals surface area contributed by atoms with Gasteiger partial charge >= 0.3 is 6.18 Å². The van der Waals surface area contributed by atoms with Crippen LogP contribution in [-0.4, -0.2) is 23.3 Å². The fourth-order valence-corrected chi connectivity index (χ4v) is 2.38. The van der Waals surface area contributed by atoms with Crippen molar-refractivity contribution in [3.63, 3.8) is 0 Å². The van der Waals surface area contributed by atoms with Crippen LogP contribution in [0.3, 0.4) is 0 Å². The number of nitro benzene ring substituents is 1. The predicted molar refractivity (Wildman–Crippen MR) is 92.7 cm³/mol. The highest BCUT2D eigenvalue weighted by molar-refractivity contribution is 6.32. The van der Waals surface area contributed by atoms with Crippen molar-refractivity contribution in [2.75, 3.05) is 12.4 Å². The number of rotatable bonds is 6. The van der Waals surface area contributed by atoms with E-state index in [0.29, 0.717) is 6.07 Å². The second kappa shape index (κ2) is 8.45. The smallest absolute Gasteiger partial charge is 0.416 e. The highest BCUT2D eigenvalue weighted by Gasteiger charge is 2.31. The van der Waals surface area contributed by atoms with E-state index in [0.717, 1.165) is 24.3 Å². The lowest BCUT2D eigenvalue weighted by Gasteiger charge is -2.12. The molecule has 0 saturated heterocycles. The molecule has 1 amide bonds. The lowest BCUT2D eigenvalue weighted by Crippen LogP contribution is -2.26. The van der Waals surface area contributed by atoms with Gasteiger partial charge in [-0.25, -0.2) is 0 Å². The van der Waals surface area contributed by atoms with E-state index in [9.17, 15) is 28.1 Å². The van der Waals surface area contributed by atoms with E-state index >= 15 is 0 Å². The summed E-state index contributed by atoms with van der Waals surface area (Å²) in [6.07, 6.45) is -4.57. The number of alkyl halides is 4.